The smallest absolute Gasteiger partial charge is 0.242 e. The Bertz CT molecular complexity index is 567. The first-order valence-electron chi connectivity index (χ1n) is 8.73. The summed E-state index contributed by atoms with van der Waals surface area (Å²) in [4.78, 5) is 16.8. The standard InChI is InChI=1S/C17H27N5O2.2ClH/c1-12-4-5-15(20-19-12)21(3)14-6-9-22(10-7-14)17(23)16-13(2)24-11-8-18-16;;/h4-5,13-14,16,18H,6-11H2,1-3H3;2*1H/t13-,16+;;/m1../s1. The summed E-state index contributed by atoms with van der Waals surface area (Å²) in [5, 5.41) is 11.7. The second-order valence-corrected chi connectivity index (χ2v) is 6.71. The van der Waals surface area contributed by atoms with Crippen LogP contribution in [0.2, 0.25) is 0 Å². The van der Waals surface area contributed by atoms with Gasteiger partial charge in [0.05, 0.1) is 18.4 Å². The van der Waals surface area contributed by atoms with Crippen molar-refractivity contribution in [3.05, 3.63) is 17.8 Å². The second kappa shape index (κ2) is 10.3. The van der Waals surface area contributed by atoms with Crippen molar-refractivity contribution < 1.29 is 9.53 Å². The highest BCUT2D eigenvalue weighted by Gasteiger charge is 2.34. The van der Waals surface area contributed by atoms with Gasteiger partial charge < -0.3 is 19.9 Å². The third-order valence-electron chi connectivity index (χ3n) is 5.05. The summed E-state index contributed by atoms with van der Waals surface area (Å²) in [5.74, 6) is 1.06. The van der Waals surface area contributed by atoms with Crippen LogP contribution in [0.1, 0.15) is 25.5 Å². The van der Waals surface area contributed by atoms with Gasteiger partial charge in [-0.3, -0.25) is 4.79 Å². The Hall–Kier alpha value is -1.15. The number of piperidine rings is 1. The van der Waals surface area contributed by atoms with Gasteiger partial charge in [-0.1, -0.05) is 0 Å². The number of morpholine rings is 1. The number of aryl methyl sites for hydroxylation is 1. The molecule has 0 radical (unpaired) electrons. The van der Waals surface area contributed by atoms with Crippen LogP contribution in [0, 0.1) is 6.92 Å². The van der Waals surface area contributed by atoms with Gasteiger partial charge in [0.1, 0.15) is 6.04 Å². The Morgan fingerprint density at radius 3 is 2.54 bits per heavy atom. The zero-order chi connectivity index (χ0) is 17.1. The van der Waals surface area contributed by atoms with Crippen LogP contribution in [0.3, 0.4) is 0 Å². The highest BCUT2D eigenvalue weighted by Crippen LogP contribution is 2.21. The van der Waals surface area contributed by atoms with Gasteiger partial charge in [0.15, 0.2) is 5.82 Å². The SMILES string of the molecule is Cc1ccc(N(C)C2CCN(C(=O)[C@H]3NCCO[C@@H]3C)CC2)nn1.Cl.Cl. The molecule has 0 unspecified atom stereocenters. The molecule has 9 heteroatoms. The molecule has 1 amide bonds. The Balaban J connectivity index is 0.00000169. The molecule has 3 rings (SSSR count). The monoisotopic (exact) mass is 405 g/mol. The quantitative estimate of drug-likeness (QED) is 0.819. The molecular formula is C17H29Cl2N5O2. The number of amides is 1. The lowest BCUT2D eigenvalue weighted by Gasteiger charge is -2.40. The lowest BCUT2D eigenvalue weighted by molar-refractivity contribution is -0.140. The van der Waals surface area contributed by atoms with E-state index in [0.29, 0.717) is 12.6 Å². The van der Waals surface area contributed by atoms with E-state index < -0.39 is 0 Å². The van der Waals surface area contributed by atoms with Crippen molar-refractivity contribution in [2.24, 2.45) is 0 Å². The summed E-state index contributed by atoms with van der Waals surface area (Å²) < 4.78 is 5.60. The number of likely N-dealkylation sites (tertiary alicyclic amines) is 1. The van der Waals surface area contributed by atoms with E-state index in [0.717, 1.165) is 44.0 Å². The zero-order valence-electron chi connectivity index (χ0n) is 15.6. The molecular weight excluding hydrogens is 377 g/mol. The normalized spacial score (nSPS) is 23.6. The fourth-order valence-electron chi connectivity index (χ4n) is 3.45. The first-order chi connectivity index (χ1) is 11.6. The van der Waals surface area contributed by atoms with E-state index >= 15 is 0 Å². The van der Waals surface area contributed by atoms with Gasteiger partial charge in [-0.15, -0.1) is 29.9 Å². The molecule has 26 heavy (non-hydrogen) atoms. The Morgan fingerprint density at radius 1 is 1.27 bits per heavy atom. The van der Waals surface area contributed by atoms with Crippen molar-refractivity contribution in [1.29, 1.82) is 0 Å². The third-order valence-corrected chi connectivity index (χ3v) is 5.05. The molecule has 0 aromatic carbocycles. The summed E-state index contributed by atoms with van der Waals surface area (Å²) in [7, 11) is 2.06. The average molecular weight is 406 g/mol. The number of halogens is 2. The summed E-state index contributed by atoms with van der Waals surface area (Å²) in [6.45, 7) is 6.87. The van der Waals surface area contributed by atoms with Gasteiger partial charge in [0.25, 0.3) is 0 Å². The van der Waals surface area contributed by atoms with Crippen molar-refractivity contribution >= 4 is 36.5 Å². The van der Waals surface area contributed by atoms with Gasteiger partial charge in [-0.2, -0.15) is 5.10 Å². The minimum Gasteiger partial charge on any atom is -0.375 e. The first-order valence-corrected chi connectivity index (χ1v) is 8.73. The minimum atomic E-state index is -0.212. The number of carbonyl (C=O) groups is 1. The van der Waals surface area contributed by atoms with Crippen LogP contribution >= 0.6 is 24.8 Å². The topological polar surface area (TPSA) is 70.6 Å². The van der Waals surface area contributed by atoms with E-state index in [2.05, 4.69) is 27.5 Å². The van der Waals surface area contributed by atoms with Crippen molar-refractivity contribution in [3.8, 4) is 0 Å². The lowest BCUT2D eigenvalue weighted by atomic mass is 10.0. The average Bonchev–Trinajstić information content (AvgIpc) is 2.62. The molecule has 2 aliphatic heterocycles. The summed E-state index contributed by atoms with van der Waals surface area (Å²) in [5.41, 5.74) is 0.920. The van der Waals surface area contributed by atoms with Crippen molar-refractivity contribution in [1.82, 2.24) is 20.4 Å². The van der Waals surface area contributed by atoms with Gasteiger partial charge >= 0.3 is 0 Å². The molecule has 1 aromatic heterocycles. The number of nitrogens with zero attached hydrogens (tertiary/aromatic N) is 4. The maximum Gasteiger partial charge on any atom is 0.242 e. The molecule has 3 heterocycles. The highest BCUT2D eigenvalue weighted by molar-refractivity contribution is 5.85. The van der Waals surface area contributed by atoms with Gasteiger partial charge in [0, 0.05) is 32.7 Å². The van der Waals surface area contributed by atoms with Gasteiger partial charge in [-0.25, -0.2) is 0 Å². The summed E-state index contributed by atoms with van der Waals surface area (Å²) in [6.07, 6.45) is 1.83. The molecule has 0 bridgehead atoms. The number of ether oxygens (including phenoxy) is 1. The molecule has 0 saturated carbocycles. The van der Waals surface area contributed by atoms with Crippen molar-refractivity contribution in [3.63, 3.8) is 0 Å². The third kappa shape index (κ3) is 5.19. The van der Waals surface area contributed by atoms with Crippen LogP contribution in [0.25, 0.3) is 0 Å². The predicted molar refractivity (Wildman–Crippen MR) is 106 cm³/mol. The Labute approximate surface area is 167 Å². The van der Waals surface area contributed by atoms with Crippen LogP contribution in [0.5, 0.6) is 0 Å². The molecule has 1 N–H and O–H groups in total. The van der Waals surface area contributed by atoms with Gasteiger partial charge in [-0.05, 0) is 38.8 Å². The number of rotatable bonds is 3. The maximum atomic E-state index is 12.7. The zero-order valence-corrected chi connectivity index (χ0v) is 17.2. The van der Waals surface area contributed by atoms with E-state index in [9.17, 15) is 4.79 Å². The van der Waals surface area contributed by atoms with E-state index in [4.69, 9.17) is 4.74 Å². The number of nitrogens with one attached hydrogen (secondary N) is 1. The molecule has 0 aliphatic carbocycles. The Morgan fingerprint density at radius 2 is 1.96 bits per heavy atom. The number of hydrogen-bond donors (Lipinski definition) is 1. The maximum absolute atomic E-state index is 12.7. The molecule has 1 aromatic rings. The number of carbonyl (C=O) groups excluding carboxylic acids is 1. The van der Waals surface area contributed by atoms with E-state index in [-0.39, 0.29) is 42.9 Å². The van der Waals surface area contributed by atoms with Crippen molar-refractivity contribution in [2.45, 2.75) is 44.9 Å². The molecule has 2 aliphatic rings. The summed E-state index contributed by atoms with van der Waals surface area (Å²) in [6, 6.07) is 4.16. The van der Waals surface area contributed by atoms with E-state index in [1.165, 1.54) is 0 Å². The molecule has 7 nitrogen and oxygen atoms in total. The van der Waals surface area contributed by atoms with Crippen LogP contribution < -0.4 is 10.2 Å². The van der Waals surface area contributed by atoms with Crippen LogP contribution in [-0.2, 0) is 9.53 Å². The van der Waals surface area contributed by atoms with Crippen molar-refractivity contribution in [2.75, 3.05) is 38.2 Å². The van der Waals surface area contributed by atoms with Gasteiger partial charge in [0.2, 0.25) is 5.91 Å². The number of hydrogen-bond acceptors (Lipinski definition) is 6. The molecule has 148 valence electrons. The molecule has 2 atom stereocenters. The largest absolute Gasteiger partial charge is 0.375 e. The highest BCUT2D eigenvalue weighted by atomic mass is 35.5. The number of anilines is 1. The predicted octanol–water partition coefficient (Wildman–Crippen LogP) is 1.43. The molecule has 2 saturated heterocycles. The summed E-state index contributed by atoms with van der Waals surface area (Å²) >= 11 is 0. The first kappa shape index (κ1) is 22.9. The number of aromatic nitrogens is 2. The van der Waals surface area contributed by atoms with Crippen LogP contribution in [-0.4, -0.2) is 72.5 Å². The molecule has 0 spiro atoms. The fraction of sp³-hybridized carbons (Fsp3) is 0.706. The van der Waals surface area contributed by atoms with E-state index in [1.807, 2.05) is 30.9 Å². The minimum absolute atomic E-state index is 0. The lowest BCUT2D eigenvalue weighted by Crippen LogP contribution is -2.58. The van der Waals surface area contributed by atoms with Crippen LogP contribution in [0.15, 0.2) is 12.1 Å². The van der Waals surface area contributed by atoms with E-state index in [1.54, 1.807) is 0 Å². The second-order valence-electron chi connectivity index (χ2n) is 6.71. The van der Waals surface area contributed by atoms with Crippen LogP contribution in [0.4, 0.5) is 5.82 Å². The molecule has 2 fully saturated rings. The fourth-order valence-corrected chi connectivity index (χ4v) is 3.45. The Kier molecular flexibility index (Phi) is 9.03.